The van der Waals surface area contributed by atoms with Crippen molar-refractivity contribution in [2.45, 2.75) is 39.3 Å². The molecule has 1 aliphatic heterocycles. The molecular formula is C24H24O2. The highest BCUT2D eigenvalue weighted by Crippen LogP contribution is 2.47. The van der Waals surface area contributed by atoms with Crippen LogP contribution in [0.15, 0.2) is 72.8 Å². The van der Waals surface area contributed by atoms with Crippen LogP contribution in [0.3, 0.4) is 0 Å². The van der Waals surface area contributed by atoms with Gasteiger partial charge in [-0.3, -0.25) is 0 Å². The van der Waals surface area contributed by atoms with Gasteiger partial charge in [0.25, 0.3) is 0 Å². The molecule has 0 N–H and O–H groups in total. The minimum absolute atomic E-state index is 0.121. The summed E-state index contributed by atoms with van der Waals surface area (Å²) in [6.45, 7) is 6.29. The molecule has 2 nitrogen and oxygen atoms in total. The van der Waals surface area contributed by atoms with Gasteiger partial charge >= 0.3 is 0 Å². The van der Waals surface area contributed by atoms with E-state index in [1.165, 1.54) is 16.7 Å². The molecule has 2 unspecified atom stereocenters. The first kappa shape index (κ1) is 17.0. The minimum atomic E-state index is -0.354. The van der Waals surface area contributed by atoms with Crippen LogP contribution in [-0.2, 0) is 9.47 Å². The van der Waals surface area contributed by atoms with Crippen LogP contribution in [0.1, 0.15) is 51.9 Å². The lowest BCUT2D eigenvalue weighted by Crippen LogP contribution is -2.07. The van der Waals surface area contributed by atoms with Crippen molar-refractivity contribution in [1.82, 2.24) is 0 Å². The Kier molecular flexibility index (Phi) is 4.62. The van der Waals surface area contributed by atoms with Crippen molar-refractivity contribution in [1.29, 1.82) is 0 Å². The number of rotatable bonds is 3. The monoisotopic (exact) mass is 344 g/mol. The summed E-state index contributed by atoms with van der Waals surface area (Å²) in [7, 11) is 0. The molecule has 0 bridgehead atoms. The highest BCUT2D eigenvalue weighted by atomic mass is 16.7. The average Bonchev–Trinajstić information content (AvgIpc) is 3.09. The molecule has 1 saturated heterocycles. The van der Waals surface area contributed by atoms with Gasteiger partial charge in [0.2, 0.25) is 0 Å². The third-order valence-corrected chi connectivity index (χ3v) is 4.98. The van der Waals surface area contributed by atoms with E-state index in [2.05, 4.69) is 93.6 Å². The summed E-state index contributed by atoms with van der Waals surface area (Å²) in [6, 6.07) is 25.5. The SMILES string of the molecule is Cc1ccc(C2OC(c3ccc(C)cc3)C(c3ccc(C)cc3)O2)cc1. The summed E-state index contributed by atoms with van der Waals surface area (Å²) in [5, 5.41) is 0. The molecule has 0 amide bonds. The third kappa shape index (κ3) is 3.44. The Labute approximate surface area is 155 Å². The molecule has 0 spiro atoms. The molecule has 2 heteroatoms. The van der Waals surface area contributed by atoms with Crippen LogP contribution in [0.4, 0.5) is 0 Å². The van der Waals surface area contributed by atoms with Gasteiger partial charge in [-0.1, -0.05) is 89.5 Å². The molecule has 0 radical (unpaired) electrons. The Morgan fingerprint density at radius 2 is 0.769 bits per heavy atom. The van der Waals surface area contributed by atoms with Crippen LogP contribution < -0.4 is 0 Å². The lowest BCUT2D eigenvalue weighted by Gasteiger charge is -2.18. The zero-order valence-electron chi connectivity index (χ0n) is 15.5. The molecule has 132 valence electrons. The lowest BCUT2D eigenvalue weighted by molar-refractivity contribution is -0.0698. The van der Waals surface area contributed by atoms with Gasteiger partial charge in [-0.15, -0.1) is 0 Å². The molecule has 3 aromatic rings. The minimum Gasteiger partial charge on any atom is -0.337 e. The zero-order chi connectivity index (χ0) is 18.1. The summed E-state index contributed by atoms with van der Waals surface area (Å²) in [5.41, 5.74) is 7.08. The molecule has 3 aromatic carbocycles. The predicted molar refractivity (Wildman–Crippen MR) is 104 cm³/mol. The van der Waals surface area contributed by atoms with Gasteiger partial charge in [-0.25, -0.2) is 0 Å². The number of hydrogen-bond acceptors (Lipinski definition) is 2. The second-order valence-electron chi connectivity index (χ2n) is 7.18. The predicted octanol–water partition coefficient (Wildman–Crippen LogP) is 6.14. The van der Waals surface area contributed by atoms with Crippen molar-refractivity contribution < 1.29 is 9.47 Å². The van der Waals surface area contributed by atoms with E-state index in [9.17, 15) is 0 Å². The maximum atomic E-state index is 6.39. The van der Waals surface area contributed by atoms with Gasteiger partial charge in [-0.05, 0) is 31.9 Å². The van der Waals surface area contributed by atoms with Crippen LogP contribution >= 0.6 is 0 Å². The van der Waals surface area contributed by atoms with Crippen molar-refractivity contribution in [3.63, 3.8) is 0 Å². The van der Waals surface area contributed by atoms with Crippen LogP contribution in [0.25, 0.3) is 0 Å². The summed E-state index contributed by atoms with van der Waals surface area (Å²) in [4.78, 5) is 0. The molecule has 4 rings (SSSR count). The van der Waals surface area contributed by atoms with Gasteiger partial charge in [0.15, 0.2) is 6.29 Å². The third-order valence-electron chi connectivity index (χ3n) is 4.98. The molecule has 26 heavy (non-hydrogen) atoms. The van der Waals surface area contributed by atoms with Crippen molar-refractivity contribution >= 4 is 0 Å². The highest BCUT2D eigenvalue weighted by molar-refractivity contribution is 5.31. The molecule has 1 heterocycles. The fourth-order valence-corrected chi connectivity index (χ4v) is 3.34. The van der Waals surface area contributed by atoms with Crippen molar-refractivity contribution in [3.8, 4) is 0 Å². The Morgan fingerprint density at radius 3 is 1.12 bits per heavy atom. The van der Waals surface area contributed by atoms with Crippen LogP contribution in [0.2, 0.25) is 0 Å². The smallest absolute Gasteiger partial charge is 0.185 e. The molecule has 1 fully saturated rings. The van der Waals surface area contributed by atoms with Crippen molar-refractivity contribution in [2.24, 2.45) is 0 Å². The Hall–Kier alpha value is -2.42. The molecule has 1 aliphatic rings. The molecule has 2 atom stereocenters. The maximum Gasteiger partial charge on any atom is 0.185 e. The van der Waals surface area contributed by atoms with E-state index in [0.29, 0.717) is 0 Å². The maximum absolute atomic E-state index is 6.39. The Balaban J connectivity index is 1.69. The van der Waals surface area contributed by atoms with E-state index < -0.39 is 0 Å². The molecular weight excluding hydrogens is 320 g/mol. The number of benzene rings is 3. The summed E-state index contributed by atoms with van der Waals surface area (Å²) in [6.07, 6.45) is -0.595. The standard InChI is InChI=1S/C24H24O2/c1-16-4-10-19(11-5-16)22-23(20-12-6-17(2)7-13-20)26-24(25-22)21-14-8-18(3)9-15-21/h4-15,22-24H,1-3H3. The number of ether oxygens (including phenoxy) is 2. The highest BCUT2D eigenvalue weighted by Gasteiger charge is 2.38. The van der Waals surface area contributed by atoms with E-state index in [1.807, 2.05) is 0 Å². The van der Waals surface area contributed by atoms with Gasteiger partial charge in [0.05, 0.1) is 0 Å². The summed E-state index contributed by atoms with van der Waals surface area (Å²) < 4.78 is 12.8. The first-order valence-corrected chi connectivity index (χ1v) is 9.11. The summed E-state index contributed by atoms with van der Waals surface area (Å²) in [5.74, 6) is 0. The first-order valence-electron chi connectivity index (χ1n) is 9.11. The van der Waals surface area contributed by atoms with Crippen molar-refractivity contribution in [2.75, 3.05) is 0 Å². The number of aryl methyl sites for hydroxylation is 3. The zero-order valence-corrected chi connectivity index (χ0v) is 15.5. The average molecular weight is 344 g/mol. The summed E-state index contributed by atoms with van der Waals surface area (Å²) >= 11 is 0. The topological polar surface area (TPSA) is 18.5 Å². The van der Waals surface area contributed by atoms with Crippen molar-refractivity contribution in [3.05, 3.63) is 106 Å². The van der Waals surface area contributed by atoms with Crippen LogP contribution in [0.5, 0.6) is 0 Å². The fourth-order valence-electron chi connectivity index (χ4n) is 3.34. The van der Waals surface area contributed by atoms with E-state index >= 15 is 0 Å². The van der Waals surface area contributed by atoms with E-state index in [-0.39, 0.29) is 18.5 Å². The Morgan fingerprint density at radius 1 is 0.462 bits per heavy atom. The molecule has 0 saturated carbocycles. The van der Waals surface area contributed by atoms with E-state index in [1.54, 1.807) is 0 Å². The van der Waals surface area contributed by atoms with E-state index in [4.69, 9.17) is 9.47 Å². The van der Waals surface area contributed by atoms with Gasteiger partial charge in [0.1, 0.15) is 12.2 Å². The normalized spacial score (nSPS) is 22.5. The van der Waals surface area contributed by atoms with E-state index in [0.717, 1.165) is 16.7 Å². The van der Waals surface area contributed by atoms with Gasteiger partial charge in [-0.2, -0.15) is 0 Å². The van der Waals surface area contributed by atoms with Gasteiger partial charge < -0.3 is 9.47 Å². The quantitative estimate of drug-likeness (QED) is 0.568. The second kappa shape index (κ2) is 7.06. The fraction of sp³-hybridized carbons (Fsp3) is 0.250. The lowest BCUT2D eigenvalue weighted by atomic mass is 9.97. The van der Waals surface area contributed by atoms with Crippen LogP contribution in [0, 0.1) is 20.8 Å². The first-order chi connectivity index (χ1) is 12.6. The number of hydrogen-bond donors (Lipinski definition) is 0. The Bertz CT molecular complexity index is 810. The molecule has 0 aliphatic carbocycles. The molecule has 0 aromatic heterocycles. The van der Waals surface area contributed by atoms with Crippen LogP contribution in [-0.4, -0.2) is 0 Å². The largest absolute Gasteiger partial charge is 0.337 e. The second-order valence-corrected chi connectivity index (χ2v) is 7.18. The van der Waals surface area contributed by atoms with Gasteiger partial charge in [0, 0.05) is 5.56 Å².